The van der Waals surface area contributed by atoms with Crippen molar-refractivity contribution in [1.82, 2.24) is 4.90 Å². The average molecular weight is 260 g/mol. The normalized spacial score (nSPS) is 25.9. The highest BCUT2D eigenvalue weighted by molar-refractivity contribution is 5.61. The van der Waals surface area contributed by atoms with E-state index < -0.39 is 0 Å². The Labute approximate surface area is 115 Å². The van der Waals surface area contributed by atoms with Crippen LogP contribution in [0.5, 0.6) is 0 Å². The Balaban J connectivity index is 1.77. The summed E-state index contributed by atoms with van der Waals surface area (Å²) in [5.74, 6) is 0. The van der Waals surface area contributed by atoms with E-state index in [4.69, 9.17) is 4.74 Å². The third-order valence-electron chi connectivity index (χ3n) is 3.97. The van der Waals surface area contributed by atoms with Gasteiger partial charge in [-0.05, 0) is 38.3 Å². The second-order valence-corrected chi connectivity index (χ2v) is 6.49. The van der Waals surface area contributed by atoms with E-state index in [9.17, 15) is 0 Å². The number of para-hydroxylation sites is 1. The smallest absolute Gasteiger partial charge is 0.0757 e. The van der Waals surface area contributed by atoms with Crippen molar-refractivity contribution in [1.29, 1.82) is 0 Å². The van der Waals surface area contributed by atoms with E-state index in [-0.39, 0.29) is 5.60 Å². The predicted molar refractivity (Wildman–Crippen MR) is 78.5 cm³/mol. The lowest BCUT2D eigenvalue weighted by molar-refractivity contribution is -0.130. The van der Waals surface area contributed by atoms with Crippen LogP contribution in [0.4, 0.5) is 5.69 Å². The Morgan fingerprint density at radius 1 is 1.42 bits per heavy atom. The van der Waals surface area contributed by atoms with E-state index >= 15 is 0 Å². The lowest BCUT2D eigenvalue weighted by Crippen LogP contribution is -2.51. The van der Waals surface area contributed by atoms with Gasteiger partial charge in [-0.1, -0.05) is 18.2 Å². The van der Waals surface area contributed by atoms with Crippen molar-refractivity contribution >= 4 is 5.69 Å². The fourth-order valence-corrected chi connectivity index (χ4v) is 3.49. The van der Waals surface area contributed by atoms with E-state index in [1.807, 2.05) is 0 Å². The number of hydrogen-bond acceptors (Lipinski definition) is 3. The van der Waals surface area contributed by atoms with E-state index in [0.29, 0.717) is 6.10 Å². The van der Waals surface area contributed by atoms with E-state index in [1.165, 1.54) is 16.8 Å². The lowest BCUT2D eigenvalue weighted by atomic mass is 10.0. The number of anilines is 1. The minimum absolute atomic E-state index is 0.0386. The molecule has 2 aliphatic rings. The molecule has 1 saturated heterocycles. The molecule has 2 aliphatic heterocycles. The Morgan fingerprint density at radius 2 is 2.26 bits per heavy atom. The molecule has 0 bridgehead atoms. The van der Waals surface area contributed by atoms with Crippen LogP contribution in [0.15, 0.2) is 18.2 Å². The van der Waals surface area contributed by atoms with Crippen molar-refractivity contribution in [2.24, 2.45) is 0 Å². The standard InChI is InChI=1S/C16H24N2O/c1-12-9-18(11-16(2,3)19-12)10-14-6-4-5-13-7-8-17-15(13)14/h4-6,12,17H,7-11H2,1-3H3. The molecule has 0 aliphatic carbocycles. The average Bonchev–Trinajstić information content (AvgIpc) is 2.75. The highest BCUT2D eigenvalue weighted by atomic mass is 16.5. The second kappa shape index (κ2) is 4.80. The maximum Gasteiger partial charge on any atom is 0.0757 e. The molecule has 1 atom stereocenters. The molecule has 0 saturated carbocycles. The third-order valence-corrected chi connectivity index (χ3v) is 3.97. The molecular weight excluding hydrogens is 236 g/mol. The van der Waals surface area contributed by atoms with Crippen LogP contribution < -0.4 is 5.32 Å². The van der Waals surface area contributed by atoms with Crippen LogP contribution in [0.1, 0.15) is 31.9 Å². The highest BCUT2D eigenvalue weighted by Crippen LogP contribution is 2.29. The summed E-state index contributed by atoms with van der Waals surface area (Å²) in [6.45, 7) is 10.7. The Kier molecular flexibility index (Phi) is 3.27. The monoisotopic (exact) mass is 260 g/mol. The van der Waals surface area contributed by atoms with E-state index in [2.05, 4.69) is 49.2 Å². The Bertz CT molecular complexity index is 470. The van der Waals surface area contributed by atoms with Gasteiger partial charge in [0.1, 0.15) is 0 Å². The first-order chi connectivity index (χ1) is 9.03. The SMILES string of the molecule is CC1CN(Cc2cccc3c2NCC3)CC(C)(C)O1. The summed E-state index contributed by atoms with van der Waals surface area (Å²) < 4.78 is 5.98. The molecule has 0 spiro atoms. The van der Waals surface area contributed by atoms with Gasteiger partial charge in [0.2, 0.25) is 0 Å². The summed E-state index contributed by atoms with van der Waals surface area (Å²) in [7, 11) is 0. The topological polar surface area (TPSA) is 24.5 Å². The fourth-order valence-electron chi connectivity index (χ4n) is 3.49. The number of fused-ring (bicyclic) bond motifs is 1. The Morgan fingerprint density at radius 3 is 3.05 bits per heavy atom. The van der Waals surface area contributed by atoms with Crippen molar-refractivity contribution in [3.8, 4) is 0 Å². The molecule has 2 heterocycles. The minimum atomic E-state index is -0.0386. The number of rotatable bonds is 2. The maximum absolute atomic E-state index is 5.98. The van der Waals surface area contributed by atoms with Gasteiger partial charge in [0, 0.05) is 31.9 Å². The molecule has 1 aromatic carbocycles. The van der Waals surface area contributed by atoms with Crippen molar-refractivity contribution in [2.45, 2.75) is 45.4 Å². The largest absolute Gasteiger partial charge is 0.384 e. The molecular formula is C16H24N2O. The number of hydrogen-bond donors (Lipinski definition) is 1. The van der Waals surface area contributed by atoms with Crippen LogP contribution in [-0.4, -0.2) is 36.2 Å². The first-order valence-electron chi connectivity index (χ1n) is 7.28. The number of nitrogens with zero attached hydrogens (tertiary/aromatic N) is 1. The van der Waals surface area contributed by atoms with Gasteiger partial charge in [-0.25, -0.2) is 0 Å². The molecule has 3 nitrogen and oxygen atoms in total. The number of nitrogens with one attached hydrogen (secondary N) is 1. The van der Waals surface area contributed by atoms with Crippen molar-refractivity contribution in [3.63, 3.8) is 0 Å². The van der Waals surface area contributed by atoms with E-state index in [0.717, 1.165) is 32.6 Å². The molecule has 3 rings (SSSR count). The molecule has 1 unspecified atom stereocenters. The van der Waals surface area contributed by atoms with Crippen LogP contribution in [0.3, 0.4) is 0 Å². The van der Waals surface area contributed by atoms with Gasteiger partial charge in [0.05, 0.1) is 11.7 Å². The number of benzene rings is 1. The summed E-state index contributed by atoms with van der Waals surface area (Å²) in [5, 5.41) is 3.53. The highest BCUT2D eigenvalue weighted by Gasteiger charge is 2.31. The predicted octanol–water partition coefficient (Wildman–Crippen LogP) is 2.65. The molecule has 0 amide bonds. The summed E-state index contributed by atoms with van der Waals surface area (Å²) in [5.41, 5.74) is 4.24. The number of morpholine rings is 1. The van der Waals surface area contributed by atoms with Gasteiger partial charge in [0.25, 0.3) is 0 Å². The van der Waals surface area contributed by atoms with E-state index in [1.54, 1.807) is 0 Å². The van der Waals surface area contributed by atoms with Crippen LogP contribution in [0.2, 0.25) is 0 Å². The van der Waals surface area contributed by atoms with Gasteiger partial charge in [0.15, 0.2) is 0 Å². The number of ether oxygens (including phenoxy) is 1. The lowest BCUT2D eigenvalue weighted by Gasteiger charge is -2.42. The van der Waals surface area contributed by atoms with Crippen LogP contribution in [0.25, 0.3) is 0 Å². The second-order valence-electron chi connectivity index (χ2n) is 6.49. The maximum atomic E-state index is 5.98. The molecule has 1 N–H and O–H groups in total. The molecule has 0 aromatic heterocycles. The first-order valence-corrected chi connectivity index (χ1v) is 7.28. The van der Waals surface area contributed by atoms with Crippen LogP contribution in [-0.2, 0) is 17.7 Å². The van der Waals surface area contributed by atoms with Crippen molar-refractivity contribution in [2.75, 3.05) is 25.0 Å². The minimum Gasteiger partial charge on any atom is -0.384 e. The molecule has 1 aromatic rings. The fraction of sp³-hybridized carbons (Fsp3) is 0.625. The molecule has 104 valence electrons. The summed E-state index contributed by atoms with van der Waals surface area (Å²) >= 11 is 0. The molecule has 19 heavy (non-hydrogen) atoms. The van der Waals surface area contributed by atoms with Gasteiger partial charge >= 0.3 is 0 Å². The summed E-state index contributed by atoms with van der Waals surface area (Å²) in [6, 6.07) is 6.69. The third kappa shape index (κ3) is 2.77. The first kappa shape index (κ1) is 12.9. The zero-order chi connectivity index (χ0) is 13.5. The van der Waals surface area contributed by atoms with Crippen LogP contribution in [0, 0.1) is 0 Å². The zero-order valence-electron chi connectivity index (χ0n) is 12.2. The van der Waals surface area contributed by atoms with Crippen molar-refractivity contribution in [3.05, 3.63) is 29.3 Å². The quantitative estimate of drug-likeness (QED) is 0.884. The zero-order valence-corrected chi connectivity index (χ0v) is 12.2. The van der Waals surface area contributed by atoms with Gasteiger partial charge in [-0.15, -0.1) is 0 Å². The Hall–Kier alpha value is -1.06. The van der Waals surface area contributed by atoms with Gasteiger partial charge in [-0.2, -0.15) is 0 Å². The van der Waals surface area contributed by atoms with Gasteiger partial charge < -0.3 is 10.1 Å². The van der Waals surface area contributed by atoms with Crippen LogP contribution >= 0.6 is 0 Å². The van der Waals surface area contributed by atoms with Gasteiger partial charge in [-0.3, -0.25) is 4.90 Å². The molecule has 1 fully saturated rings. The molecule has 0 radical (unpaired) electrons. The molecule has 3 heteroatoms. The van der Waals surface area contributed by atoms with Crippen molar-refractivity contribution < 1.29 is 4.74 Å². The summed E-state index contributed by atoms with van der Waals surface area (Å²) in [6.07, 6.45) is 1.47. The summed E-state index contributed by atoms with van der Waals surface area (Å²) in [4.78, 5) is 2.52.